The highest BCUT2D eigenvalue weighted by molar-refractivity contribution is 6.03. The monoisotopic (exact) mass is 504 g/mol. The largest absolute Gasteiger partial charge is 0.492 e. The predicted molar refractivity (Wildman–Crippen MR) is 129 cm³/mol. The summed E-state index contributed by atoms with van der Waals surface area (Å²) in [7, 11) is 0. The van der Waals surface area contributed by atoms with Crippen molar-refractivity contribution in [2.24, 2.45) is 5.16 Å². The number of carboxylic acid groups (broad SMARTS) is 1. The molecule has 2 aromatic carbocycles. The van der Waals surface area contributed by atoms with Crippen LogP contribution >= 0.6 is 0 Å². The Morgan fingerprint density at radius 3 is 2.64 bits per heavy atom. The molecule has 2 aromatic rings. The molecule has 1 aliphatic carbocycles. The number of aliphatic carboxylic acids is 1. The Morgan fingerprint density at radius 2 is 1.89 bits per heavy atom. The quantitative estimate of drug-likeness (QED) is 0.322. The summed E-state index contributed by atoms with van der Waals surface area (Å²) in [6, 6.07) is 10.2. The van der Waals surface area contributed by atoms with Gasteiger partial charge < -0.3 is 20.0 Å². The number of halogens is 3. The minimum Gasteiger partial charge on any atom is -0.492 e. The molecule has 2 N–H and O–H groups in total. The van der Waals surface area contributed by atoms with Crippen molar-refractivity contribution in [3.63, 3.8) is 0 Å². The number of nitrogens with zero attached hydrogens (tertiary/aromatic N) is 1. The van der Waals surface area contributed by atoms with Crippen LogP contribution < -0.4 is 10.1 Å². The molecule has 0 atom stereocenters. The van der Waals surface area contributed by atoms with E-state index < -0.39 is 17.7 Å². The summed E-state index contributed by atoms with van der Waals surface area (Å²) in [6.45, 7) is 1.23. The smallest absolute Gasteiger partial charge is 0.416 e. The summed E-state index contributed by atoms with van der Waals surface area (Å²) in [5, 5.41) is 16.0. The van der Waals surface area contributed by atoms with Crippen LogP contribution in [0.1, 0.15) is 78.7 Å². The molecule has 0 radical (unpaired) electrons. The highest BCUT2D eigenvalue weighted by Crippen LogP contribution is 2.41. The highest BCUT2D eigenvalue weighted by Gasteiger charge is 2.35. The molecule has 0 bridgehead atoms. The predicted octanol–water partition coefficient (Wildman–Crippen LogP) is 6.02. The number of alkyl halides is 3. The fourth-order valence-electron chi connectivity index (χ4n) is 4.84. The molecule has 0 unspecified atom stereocenters. The highest BCUT2D eigenvalue weighted by atomic mass is 19.4. The van der Waals surface area contributed by atoms with E-state index in [2.05, 4.69) is 10.5 Å². The number of oxime groups is 1. The van der Waals surface area contributed by atoms with Crippen molar-refractivity contribution in [1.29, 1.82) is 0 Å². The fourth-order valence-corrected chi connectivity index (χ4v) is 4.84. The van der Waals surface area contributed by atoms with Gasteiger partial charge in [0.05, 0.1) is 24.3 Å². The summed E-state index contributed by atoms with van der Waals surface area (Å²) in [5.74, 6) is -0.245. The summed E-state index contributed by atoms with van der Waals surface area (Å²) >= 11 is 0. The van der Waals surface area contributed by atoms with Gasteiger partial charge in [-0.15, -0.1) is 0 Å². The van der Waals surface area contributed by atoms with Crippen molar-refractivity contribution in [1.82, 2.24) is 5.32 Å². The molecule has 9 heteroatoms. The van der Waals surface area contributed by atoms with Crippen molar-refractivity contribution >= 4 is 11.7 Å². The minimum atomic E-state index is -4.41. The van der Waals surface area contributed by atoms with E-state index in [1.165, 1.54) is 6.07 Å². The Balaban J connectivity index is 1.41. The van der Waals surface area contributed by atoms with E-state index >= 15 is 0 Å². The van der Waals surface area contributed by atoms with Crippen molar-refractivity contribution < 1.29 is 32.6 Å². The molecular weight excluding hydrogens is 473 g/mol. The van der Waals surface area contributed by atoms with Crippen molar-refractivity contribution in [2.75, 3.05) is 13.2 Å². The van der Waals surface area contributed by atoms with Crippen LogP contribution in [-0.2, 0) is 29.0 Å². The molecule has 0 saturated heterocycles. The fraction of sp³-hybridized carbons (Fsp3) is 0.481. The summed E-state index contributed by atoms with van der Waals surface area (Å²) in [6.07, 6.45) is 0.789. The topological polar surface area (TPSA) is 80.2 Å². The first-order valence-corrected chi connectivity index (χ1v) is 12.4. The lowest BCUT2D eigenvalue weighted by molar-refractivity contribution is -0.139. The first-order valence-electron chi connectivity index (χ1n) is 12.4. The Morgan fingerprint density at radius 1 is 1.11 bits per heavy atom. The number of hydrogen-bond donors (Lipinski definition) is 2. The van der Waals surface area contributed by atoms with Gasteiger partial charge in [-0.3, -0.25) is 4.79 Å². The molecule has 1 fully saturated rings. The van der Waals surface area contributed by atoms with Crippen molar-refractivity contribution in [2.45, 2.75) is 70.2 Å². The lowest BCUT2D eigenvalue weighted by Crippen LogP contribution is -2.19. The second-order valence-electron chi connectivity index (χ2n) is 9.32. The molecule has 2 aliphatic rings. The first-order chi connectivity index (χ1) is 17.3. The molecule has 6 nitrogen and oxygen atoms in total. The summed E-state index contributed by atoms with van der Waals surface area (Å²) in [5.41, 5.74) is 2.66. The Labute approximate surface area is 208 Å². The van der Waals surface area contributed by atoms with Gasteiger partial charge in [-0.2, -0.15) is 13.2 Å². The molecule has 36 heavy (non-hydrogen) atoms. The Hall–Kier alpha value is -3.07. The van der Waals surface area contributed by atoms with Crippen LogP contribution in [0.2, 0.25) is 0 Å². The van der Waals surface area contributed by atoms with E-state index in [1.54, 1.807) is 12.1 Å². The number of nitrogens with one attached hydrogen (secondary N) is 1. The third kappa shape index (κ3) is 6.78. The number of hydrogen-bond acceptors (Lipinski definition) is 5. The zero-order valence-electron chi connectivity index (χ0n) is 20.1. The third-order valence-corrected chi connectivity index (χ3v) is 6.67. The second-order valence-corrected chi connectivity index (χ2v) is 9.32. The summed E-state index contributed by atoms with van der Waals surface area (Å²) < 4.78 is 47.2. The second kappa shape index (κ2) is 11.8. The summed E-state index contributed by atoms with van der Waals surface area (Å²) in [4.78, 5) is 16.1. The molecule has 0 amide bonds. The molecule has 1 heterocycles. The average molecular weight is 505 g/mol. The van der Waals surface area contributed by atoms with Gasteiger partial charge >= 0.3 is 12.1 Å². The number of fused-ring (bicyclic) bond motifs is 1. The maximum atomic E-state index is 13.8. The van der Waals surface area contributed by atoms with Gasteiger partial charge in [-0.1, -0.05) is 42.6 Å². The van der Waals surface area contributed by atoms with Crippen LogP contribution in [0.25, 0.3) is 0 Å². The number of carbonyl (C=O) groups is 1. The van der Waals surface area contributed by atoms with Gasteiger partial charge in [0.1, 0.15) is 12.4 Å². The van der Waals surface area contributed by atoms with E-state index in [0.29, 0.717) is 48.7 Å². The van der Waals surface area contributed by atoms with E-state index in [4.69, 9.17) is 14.7 Å². The number of ether oxygens (including phenoxy) is 1. The van der Waals surface area contributed by atoms with Crippen LogP contribution in [0.4, 0.5) is 13.2 Å². The van der Waals surface area contributed by atoms with Gasteiger partial charge in [-0.25, -0.2) is 0 Å². The zero-order valence-corrected chi connectivity index (χ0v) is 20.1. The lowest BCUT2D eigenvalue weighted by atomic mass is 9.81. The molecule has 1 aliphatic heterocycles. The van der Waals surface area contributed by atoms with E-state index in [1.807, 2.05) is 18.2 Å². The van der Waals surface area contributed by atoms with Crippen molar-refractivity contribution in [3.8, 4) is 5.75 Å². The van der Waals surface area contributed by atoms with E-state index in [-0.39, 0.29) is 18.9 Å². The SMILES string of the molecule is O=C(O)CCNCc1ccc2c(c1)OCC/C2=N\OCc1ccc(C2CCCCC2)c(C(F)(F)F)c1. The molecular formula is C27H31F3N2O4. The van der Waals surface area contributed by atoms with Gasteiger partial charge in [0.15, 0.2) is 0 Å². The van der Waals surface area contributed by atoms with E-state index in [0.717, 1.165) is 43.2 Å². The normalized spacial score (nSPS) is 17.5. The van der Waals surface area contributed by atoms with Crippen LogP contribution in [0.5, 0.6) is 5.75 Å². The van der Waals surface area contributed by atoms with E-state index in [9.17, 15) is 18.0 Å². The van der Waals surface area contributed by atoms with Crippen LogP contribution in [0.15, 0.2) is 41.6 Å². The maximum absolute atomic E-state index is 13.8. The van der Waals surface area contributed by atoms with Crippen LogP contribution in [0, 0.1) is 0 Å². The van der Waals surface area contributed by atoms with Gasteiger partial charge in [0.2, 0.25) is 0 Å². The van der Waals surface area contributed by atoms with Gasteiger partial charge in [0, 0.05) is 25.1 Å². The van der Waals surface area contributed by atoms with Crippen LogP contribution in [-0.4, -0.2) is 29.9 Å². The average Bonchev–Trinajstić information content (AvgIpc) is 2.86. The number of rotatable bonds is 9. The molecule has 4 rings (SSSR count). The van der Waals surface area contributed by atoms with Gasteiger partial charge in [0.25, 0.3) is 0 Å². The molecule has 0 spiro atoms. The maximum Gasteiger partial charge on any atom is 0.416 e. The number of carboxylic acids is 1. The third-order valence-electron chi connectivity index (χ3n) is 6.67. The molecule has 194 valence electrons. The minimum absolute atomic E-state index is 0.0402. The van der Waals surface area contributed by atoms with Crippen molar-refractivity contribution in [3.05, 3.63) is 64.2 Å². The Kier molecular flexibility index (Phi) is 8.51. The van der Waals surface area contributed by atoms with Crippen LogP contribution in [0.3, 0.4) is 0 Å². The first kappa shape index (κ1) is 26.0. The van der Waals surface area contributed by atoms with Gasteiger partial charge in [-0.05, 0) is 53.6 Å². The Bertz CT molecular complexity index is 1090. The zero-order chi connectivity index (χ0) is 25.5. The lowest BCUT2D eigenvalue weighted by Gasteiger charge is -2.25. The molecule has 0 aromatic heterocycles. The molecule has 1 saturated carbocycles. The standard InChI is InChI=1S/C27H31F3N2O4/c28-27(29,30)23-14-19(7-8-21(23)20-4-2-1-3-5-20)17-36-32-24-11-13-35-25-15-18(6-9-22(24)25)16-31-12-10-26(33)34/h6-9,14-15,20,31H,1-5,10-13,16-17H2,(H,33,34)/b32-24+. The number of benzene rings is 2.